The number of nitrogens with one attached hydrogen (secondary N) is 2. The number of amides is 2. The monoisotopic (exact) mass is 412 g/mol. The number of hydrogen-bond acceptors (Lipinski definition) is 4. The smallest absolute Gasteiger partial charge is 0.418 e. The Hall–Kier alpha value is -3.10. The number of alkyl halides is 3. The summed E-state index contributed by atoms with van der Waals surface area (Å²) in [5, 5.41) is 4.73. The Labute approximate surface area is 167 Å². The second-order valence-electron chi connectivity index (χ2n) is 5.72. The number of rotatable bonds is 8. The van der Waals surface area contributed by atoms with E-state index in [0.717, 1.165) is 6.07 Å². The normalized spacial score (nSPS) is 11.0. The minimum atomic E-state index is -4.59. The molecule has 0 saturated carbocycles. The van der Waals surface area contributed by atoms with Crippen LogP contribution in [0.1, 0.15) is 26.3 Å². The highest BCUT2D eigenvalue weighted by molar-refractivity contribution is 6.00. The molecule has 0 saturated heterocycles. The fourth-order valence-corrected chi connectivity index (χ4v) is 2.58. The molecule has 6 nitrogen and oxygen atoms in total. The van der Waals surface area contributed by atoms with Crippen molar-refractivity contribution in [3.63, 3.8) is 0 Å². The maximum absolute atomic E-state index is 13.1. The molecular formula is C20H23F3N2O4. The van der Waals surface area contributed by atoms with E-state index >= 15 is 0 Å². The highest BCUT2D eigenvalue weighted by Gasteiger charge is 2.33. The van der Waals surface area contributed by atoms with Crippen LogP contribution in [0.3, 0.4) is 0 Å². The van der Waals surface area contributed by atoms with Crippen molar-refractivity contribution in [3.05, 3.63) is 42.0 Å². The van der Waals surface area contributed by atoms with E-state index in [1.165, 1.54) is 30.3 Å². The van der Waals surface area contributed by atoms with E-state index < -0.39 is 17.8 Å². The summed E-state index contributed by atoms with van der Waals surface area (Å²) >= 11 is 0. The number of ether oxygens (including phenoxy) is 3. The summed E-state index contributed by atoms with van der Waals surface area (Å²) in [5.41, 5.74) is -1.01. The molecule has 2 N–H and O–H groups in total. The molecule has 0 aromatic heterocycles. The lowest BCUT2D eigenvalue weighted by Gasteiger charge is -2.18. The molecule has 2 amide bonds. The van der Waals surface area contributed by atoms with Crippen LogP contribution in [-0.2, 0) is 6.18 Å². The molecule has 2 aromatic rings. The van der Waals surface area contributed by atoms with Crippen LogP contribution < -0.4 is 24.8 Å². The van der Waals surface area contributed by atoms with Crippen molar-refractivity contribution in [1.29, 1.82) is 0 Å². The summed E-state index contributed by atoms with van der Waals surface area (Å²) in [6.07, 6.45) is -4.59. The van der Waals surface area contributed by atoms with Gasteiger partial charge < -0.3 is 24.8 Å². The van der Waals surface area contributed by atoms with E-state index in [2.05, 4.69) is 10.6 Å². The Morgan fingerprint density at radius 2 is 1.45 bits per heavy atom. The quantitative estimate of drug-likeness (QED) is 0.597. The molecule has 2 rings (SSSR count). The lowest BCUT2D eigenvalue weighted by Crippen LogP contribution is -2.22. The largest absolute Gasteiger partial charge is 0.490 e. The van der Waals surface area contributed by atoms with E-state index in [9.17, 15) is 18.0 Å². The van der Waals surface area contributed by atoms with Gasteiger partial charge in [-0.05, 0) is 32.9 Å². The van der Waals surface area contributed by atoms with Crippen LogP contribution in [0, 0.1) is 0 Å². The van der Waals surface area contributed by atoms with Crippen molar-refractivity contribution in [1.82, 2.24) is 0 Å². The molecular weight excluding hydrogens is 389 g/mol. The van der Waals surface area contributed by atoms with E-state index in [0.29, 0.717) is 37.1 Å². The molecule has 9 heteroatoms. The fraction of sp³-hybridized carbons (Fsp3) is 0.350. The number of hydrogen-bond donors (Lipinski definition) is 2. The zero-order chi connectivity index (χ0) is 21.4. The van der Waals surface area contributed by atoms with Gasteiger partial charge in [-0.25, -0.2) is 4.79 Å². The summed E-state index contributed by atoms with van der Waals surface area (Å²) in [4.78, 5) is 12.3. The van der Waals surface area contributed by atoms with Gasteiger partial charge in [0.2, 0.25) is 5.75 Å². The summed E-state index contributed by atoms with van der Waals surface area (Å²) in [6.45, 7) is 6.46. The molecule has 0 aliphatic heterocycles. The van der Waals surface area contributed by atoms with Gasteiger partial charge >= 0.3 is 12.2 Å². The number of carbonyl (C=O) groups is 1. The van der Waals surface area contributed by atoms with E-state index in [4.69, 9.17) is 14.2 Å². The van der Waals surface area contributed by atoms with E-state index in [1.54, 1.807) is 13.8 Å². The van der Waals surface area contributed by atoms with Crippen molar-refractivity contribution < 1.29 is 32.2 Å². The zero-order valence-electron chi connectivity index (χ0n) is 16.4. The topological polar surface area (TPSA) is 68.8 Å². The molecule has 0 aliphatic rings. The molecule has 0 aliphatic carbocycles. The average Bonchev–Trinajstić information content (AvgIpc) is 2.64. The summed E-state index contributed by atoms with van der Waals surface area (Å²) in [6, 6.07) is 6.93. The lowest BCUT2D eigenvalue weighted by molar-refractivity contribution is -0.136. The zero-order valence-corrected chi connectivity index (χ0v) is 16.4. The number of anilines is 2. The van der Waals surface area contributed by atoms with Gasteiger partial charge in [-0.1, -0.05) is 12.1 Å². The van der Waals surface area contributed by atoms with Crippen LogP contribution in [0.25, 0.3) is 0 Å². The number of para-hydroxylation sites is 1. The molecule has 0 heterocycles. The molecule has 0 bridgehead atoms. The van der Waals surface area contributed by atoms with Crippen LogP contribution >= 0.6 is 0 Å². The van der Waals surface area contributed by atoms with Gasteiger partial charge in [-0.15, -0.1) is 0 Å². The maximum Gasteiger partial charge on any atom is 0.418 e. The molecule has 0 unspecified atom stereocenters. The van der Waals surface area contributed by atoms with Gasteiger partial charge in [-0.2, -0.15) is 13.2 Å². The first-order valence-corrected chi connectivity index (χ1v) is 9.10. The Balaban J connectivity index is 2.28. The first-order chi connectivity index (χ1) is 13.8. The van der Waals surface area contributed by atoms with Gasteiger partial charge in [0.05, 0.1) is 36.8 Å². The number of benzene rings is 2. The van der Waals surface area contributed by atoms with Crippen LogP contribution in [-0.4, -0.2) is 25.9 Å². The van der Waals surface area contributed by atoms with Crippen molar-refractivity contribution in [2.24, 2.45) is 0 Å². The van der Waals surface area contributed by atoms with Crippen molar-refractivity contribution in [3.8, 4) is 17.2 Å². The highest BCUT2D eigenvalue weighted by atomic mass is 19.4. The predicted octanol–water partition coefficient (Wildman–Crippen LogP) is 5.55. The van der Waals surface area contributed by atoms with Crippen LogP contribution in [0.5, 0.6) is 17.2 Å². The lowest BCUT2D eigenvalue weighted by atomic mass is 10.1. The summed E-state index contributed by atoms with van der Waals surface area (Å²) in [5.74, 6) is 1.10. The SMILES string of the molecule is CCOc1cc(NC(=O)Nc2ccccc2C(F)(F)F)cc(OCC)c1OCC. The third-order valence-corrected chi connectivity index (χ3v) is 3.65. The first-order valence-electron chi connectivity index (χ1n) is 9.10. The van der Waals surface area contributed by atoms with Crippen molar-refractivity contribution in [2.75, 3.05) is 30.5 Å². The average molecular weight is 412 g/mol. The van der Waals surface area contributed by atoms with Gasteiger partial charge in [0.1, 0.15) is 0 Å². The van der Waals surface area contributed by atoms with Gasteiger partial charge in [0, 0.05) is 12.1 Å². The maximum atomic E-state index is 13.1. The minimum absolute atomic E-state index is 0.280. The van der Waals surface area contributed by atoms with Crippen LogP contribution in [0.2, 0.25) is 0 Å². The van der Waals surface area contributed by atoms with Crippen molar-refractivity contribution in [2.45, 2.75) is 26.9 Å². The molecule has 0 atom stereocenters. The predicted molar refractivity (Wildman–Crippen MR) is 104 cm³/mol. The molecule has 158 valence electrons. The second kappa shape index (κ2) is 9.90. The molecule has 0 spiro atoms. The van der Waals surface area contributed by atoms with E-state index in [1.807, 2.05) is 6.92 Å². The Morgan fingerprint density at radius 1 is 0.897 bits per heavy atom. The summed E-state index contributed by atoms with van der Waals surface area (Å²) < 4.78 is 56.0. The Bertz CT molecular complexity index is 814. The standard InChI is InChI=1S/C20H23F3N2O4/c1-4-27-16-11-13(12-17(28-5-2)18(16)29-6-3)24-19(26)25-15-10-8-7-9-14(15)20(21,22)23/h7-12H,4-6H2,1-3H3,(H2,24,25,26). The molecule has 0 fully saturated rings. The van der Waals surface area contributed by atoms with Gasteiger partial charge in [0.25, 0.3) is 0 Å². The molecule has 29 heavy (non-hydrogen) atoms. The second-order valence-corrected chi connectivity index (χ2v) is 5.72. The van der Waals surface area contributed by atoms with Gasteiger partial charge in [0.15, 0.2) is 11.5 Å². The molecule has 2 aromatic carbocycles. The minimum Gasteiger partial charge on any atom is -0.490 e. The van der Waals surface area contributed by atoms with E-state index in [-0.39, 0.29) is 11.4 Å². The first kappa shape index (κ1) is 22.2. The highest BCUT2D eigenvalue weighted by Crippen LogP contribution is 2.41. The van der Waals surface area contributed by atoms with Crippen LogP contribution in [0.15, 0.2) is 36.4 Å². The third-order valence-electron chi connectivity index (χ3n) is 3.65. The molecule has 0 radical (unpaired) electrons. The third kappa shape index (κ3) is 5.94. The fourth-order valence-electron chi connectivity index (χ4n) is 2.58. The number of halogens is 3. The van der Waals surface area contributed by atoms with Crippen molar-refractivity contribution >= 4 is 17.4 Å². The van der Waals surface area contributed by atoms with Gasteiger partial charge in [-0.3, -0.25) is 0 Å². The number of urea groups is 1. The summed E-state index contributed by atoms with van der Waals surface area (Å²) in [7, 11) is 0. The Morgan fingerprint density at radius 3 is 1.97 bits per heavy atom. The number of carbonyl (C=O) groups excluding carboxylic acids is 1. The van der Waals surface area contributed by atoms with Crippen LogP contribution in [0.4, 0.5) is 29.3 Å². The Kier molecular flexibility index (Phi) is 7.58.